The topological polar surface area (TPSA) is 57.2 Å². The van der Waals surface area contributed by atoms with E-state index in [4.69, 9.17) is 0 Å². The minimum Gasteiger partial charge on any atom is -0.548 e. The van der Waals surface area contributed by atoms with Crippen LogP contribution in [0.15, 0.2) is 88.2 Å². The average Bonchev–Trinajstić information content (AvgIpc) is 2.63. The van der Waals surface area contributed by atoms with E-state index in [0.717, 1.165) is 9.79 Å². The smallest absolute Gasteiger partial charge is 0.548 e. The van der Waals surface area contributed by atoms with E-state index in [1.807, 2.05) is 42.5 Å². The first-order valence-electron chi connectivity index (χ1n) is 7.69. The van der Waals surface area contributed by atoms with E-state index >= 15 is 0 Å². The van der Waals surface area contributed by atoms with Gasteiger partial charge in [-0.3, -0.25) is 4.79 Å². The Labute approximate surface area is 184 Å². The molecule has 3 nitrogen and oxygen atoms in total. The van der Waals surface area contributed by atoms with Crippen molar-refractivity contribution in [1.29, 1.82) is 0 Å². The quantitative estimate of drug-likeness (QED) is 0.584. The van der Waals surface area contributed by atoms with Crippen molar-refractivity contribution in [3.8, 4) is 0 Å². The fourth-order valence-electron chi connectivity index (χ4n) is 2.59. The van der Waals surface area contributed by atoms with Crippen LogP contribution in [0.2, 0.25) is 0 Å². The van der Waals surface area contributed by atoms with E-state index in [1.54, 1.807) is 30.0 Å². The molecule has 26 heavy (non-hydrogen) atoms. The van der Waals surface area contributed by atoms with Gasteiger partial charge >= 0.3 is 29.6 Å². The van der Waals surface area contributed by atoms with Crippen molar-refractivity contribution in [2.75, 3.05) is 0 Å². The number of aliphatic carboxylic acids is 1. The minimum absolute atomic E-state index is 0. The first-order valence-corrected chi connectivity index (χ1v) is 8.95. The zero-order chi connectivity index (χ0) is 17.9. The van der Waals surface area contributed by atoms with Crippen LogP contribution in [-0.2, 0) is 14.3 Å². The number of carboxylic acids is 1. The molecule has 6 heteroatoms. The third-order valence-electron chi connectivity index (χ3n) is 3.94. The number of benzene rings is 2. The Morgan fingerprint density at radius 1 is 1.00 bits per heavy atom. The summed E-state index contributed by atoms with van der Waals surface area (Å²) in [6, 6.07) is 17.1. The Morgan fingerprint density at radius 2 is 1.62 bits per heavy atom. The molecule has 0 fully saturated rings. The Hall–Kier alpha value is -1.24. The van der Waals surface area contributed by atoms with Crippen molar-refractivity contribution < 1.29 is 44.3 Å². The van der Waals surface area contributed by atoms with Gasteiger partial charge in [-0.2, -0.15) is 12.6 Å². The van der Waals surface area contributed by atoms with E-state index < -0.39 is 10.7 Å². The van der Waals surface area contributed by atoms with Crippen LogP contribution in [0.5, 0.6) is 0 Å². The van der Waals surface area contributed by atoms with Crippen LogP contribution < -0.4 is 34.7 Å². The van der Waals surface area contributed by atoms with E-state index in [9.17, 15) is 14.7 Å². The number of carbonyl (C=O) groups excluding carboxylic acids is 2. The van der Waals surface area contributed by atoms with Gasteiger partial charge in [0.2, 0.25) is 0 Å². The Morgan fingerprint density at radius 3 is 2.15 bits per heavy atom. The normalized spacial score (nSPS) is 15.6. The molecular weight excluding hydrogens is 375 g/mol. The third-order valence-corrected chi connectivity index (χ3v) is 5.65. The maximum Gasteiger partial charge on any atom is 1.00 e. The molecule has 0 heterocycles. The summed E-state index contributed by atoms with van der Waals surface area (Å²) in [5, 5.41) is 11.8. The molecule has 0 saturated heterocycles. The molecule has 0 bridgehead atoms. The molecule has 1 aliphatic carbocycles. The number of rotatable bonds is 5. The number of allylic oxidation sites excluding steroid dienone is 3. The maximum absolute atomic E-state index is 11.8. The van der Waals surface area contributed by atoms with Gasteiger partial charge in [0.15, 0.2) is 5.78 Å². The molecule has 0 N–H and O–H groups in total. The predicted molar refractivity (Wildman–Crippen MR) is 99.5 cm³/mol. The first-order chi connectivity index (χ1) is 12.0. The van der Waals surface area contributed by atoms with E-state index in [1.165, 1.54) is 12.2 Å². The summed E-state index contributed by atoms with van der Waals surface area (Å²) in [5.74, 6) is -1.38. The van der Waals surface area contributed by atoms with Crippen molar-refractivity contribution in [3.63, 3.8) is 0 Å². The molecule has 3 rings (SSSR count). The number of hydrogen-bond donors (Lipinski definition) is 1. The third kappa shape index (κ3) is 4.53. The fraction of sp³-hybridized carbons (Fsp3) is 0.100. The minimum atomic E-state index is -1.59. The number of carboxylic acid groups (broad SMARTS) is 1. The standard InChI is InChI=1S/C20H16O3S2.Na/c21-16-10-6-14(7-11-16)20(24,19(22)23)15-8-12-18(13-9-15)25-17-4-2-1-3-5-17;/h1-10,12-13,24H,11H2,(H,22,23);/q;+1/p-1. The van der Waals surface area contributed by atoms with Crippen LogP contribution in [0.3, 0.4) is 0 Å². The van der Waals surface area contributed by atoms with Crippen molar-refractivity contribution in [2.45, 2.75) is 21.0 Å². The number of hydrogen-bond acceptors (Lipinski definition) is 5. The van der Waals surface area contributed by atoms with E-state index in [0.29, 0.717) is 11.1 Å². The molecule has 0 radical (unpaired) electrons. The Bertz CT molecular complexity index is 860. The van der Waals surface area contributed by atoms with Crippen LogP contribution >= 0.6 is 24.4 Å². The van der Waals surface area contributed by atoms with Crippen LogP contribution in [0.25, 0.3) is 0 Å². The van der Waals surface area contributed by atoms with E-state index in [-0.39, 0.29) is 41.8 Å². The summed E-state index contributed by atoms with van der Waals surface area (Å²) in [5.41, 5.74) is 0.942. The summed E-state index contributed by atoms with van der Waals surface area (Å²) in [7, 11) is 0. The van der Waals surface area contributed by atoms with Gasteiger partial charge in [-0.15, -0.1) is 0 Å². The van der Waals surface area contributed by atoms with Crippen LogP contribution in [0.4, 0.5) is 0 Å². The Balaban J connectivity index is 0.00000243. The number of thiol groups is 1. The van der Waals surface area contributed by atoms with Crippen molar-refractivity contribution >= 4 is 36.1 Å². The Kier molecular flexibility index (Phi) is 7.38. The first kappa shape index (κ1) is 21.1. The summed E-state index contributed by atoms with van der Waals surface area (Å²) in [4.78, 5) is 25.3. The van der Waals surface area contributed by atoms with Crippen molar-refractivity contribution in [3.05, 3.63) is 84.0 Å². The molecule has 0 aromatic heterocycles. The fourth-order valence-corrected chi connectivity index (χ4v) is 3.74. The summed E-state index contributed by atoms with van der Waals surface area (Å²) in [6.45, 7) is 0. The summed E-state index contributed by atoms with van der Waals surface area (Å²) < 4.78 is -1.59. The van der Waals surface area contributed by atoms with Crippen molar-refractivity contribution in [1.82, 2.24) is 0 Å². The van der Waals surface area contributed by atoms with Crippen LogP contribution in [-0.4, -0.2) is 11.8 Å². The molecule has 2 aromatic carbocycles. The molecular formula is C20H15NaO3S2. The van der Waals surface area contributed by atoms with Gasteiger partial charge in [-0.05, 0) is 41.5 Å². The van der Waals surface area contributed by atoms with Gasteiger partial charge < -0.3 is 9.90 Å². The molecule has 1 unspecified atom stereocenters. The second-order valence-corrected chi connectivity index (χ2v) is 7.42. The predicted octanol–water partition coefficient (Wildman–Crippen LogP) is 0.172. The zero-order valence-electron chi connectivity index (χ0n) is 14.2. The second kappa shape index (κ2) is 9.11. The average molecular weight is 390 g/mol. The van der Waals surface area contributed by atoms with Gasteiger partial charge in [0, 0.05) is 16.2 Å². The summed E-state index contributed by atoms with van der Waals surface area (Å²) in [6.07, 6.45) is 4.64. The van der Waals surface area contributed by atoms with Gasteiger partial charge in [-0.25, -0.2) is 0 Å². The van der Waals surface area contributed by atoms with Crippen molar-refractivity contribution in [2.24, 2.45) is 0 Å². The van der Waals surface area contributed by atoms with Gasteiger partial charge in [0.25, 0.3) is 0 Å². The SMILES string of the molecule is O=C1C=CC(C(S)(C(=O)[O-])c2ccc(Sc3ccccc3)cc2)=CC1.[Na+]. The van der Waals surface area contributed by atoms with Crippen LogP contribution in [0.1, 0.15) is 12.0 Å². The van der Waals surface area contributed by atoms with Gasteiger partial charge in [0.05, 0.1) is 5.97 Å². The van der Waals surface area contributed by atoms with Crippen LogP contribution in [0, 0.1) is 0 Å². The second-order valence-electron chi connectivity index (χ2n) is 5.60. The van der Waals surface area contributed by atoms with Gasteiger partial charge in [-0.1, -0.05) is 54.2 Å². The molecule has 0 amide bonds. The molecule has 126 valence electrons. The molecule has 1 atom stereocenters. The molecule has 0 aliphatic heterocycles. The summed E-state index contributed by atoms with van der Waals surface area (Å²) >= 11 is 6.00. The molecule has 0 spiro atoms. The number of carbonyl (C=O) groups is 2. The molecule has 1 aliphatic rings. The largest absolute Gasteiger partial charge is 1.00 e. The maximum atomic E-state index is 11.8. The van der Waals surface area contributed by atoms with E-state index in [2.05, 4.69) is 12.6 Å². The zero-order valence-corrected chi connectivity index (χ0v) is 17.9. The van der Waals surface area contributed by atoms with Gasteiger partial charge in [0.1, 0.15) is 4.75 Å². The molecule has 2 aromatic rings. The molecule has 0 saturated carbocycles. The monoisotopic (exact) mass is 390 g/mol. The number of ketones is 1.